The Morgan fingerprint density at radius 3 is 2.94 bits per heavy atom. The number of hydrogen-bond acceptors (Lipinski definition) is 2. The number of hydrogen-bond donors (Lipinski definition) is 1. The number of benzene rings is 1. The second-order valence-corrected chi connectivity index (χ2v) is 3.66. The third-order valence-electron chi connectivity index (χ3n) is 2.41. The van der Waals surface area contributed by atoms with E-state index in [1.807, 2.05) is 0 Å². The average molecular weight is 248 g/mol. The summed E-state index contributed by atoms with van der Waals surface area (Å²) < 4.78 is 26.4. The number of aromatic nitrogens is 1. The molecule has 2 rings (SSSR count). The molecule has 5 heteroatoms. The Kier molecular flexibility index (Phi) is 3.32. The number of nitrogens with one attached hydrogen (secondary N) is 1. The molecule has 3 nitrogen and oxygen atoms in total. The molecule has 0 spiro atoms. The maximum absolute atomic E-state index is 13.4. The van der Waals surface area contributed by atoms with Gasteiger partial charge in [-0.1, -0.05) is 6.08 Å². The van der Waals surface area contributed by atoms with Crippen LogP contribution in [0, 0.1) is 11.6 Å². The molecule has 1 aromatic carbocycles. The Morgan fingerprint density at radius 2 is 2.22 bits per heavy atom. The molecule has 0 radical (unpaired) electrons. The van der Waals surface area contributed by atoms with Gasteiger partial charge in [-0.25, -0.2) is 8.78 Å². The molecule has 2 aromatic rings. The minimum Gasteiger partial charge on any atom is -0.349 e. The summed E-state index contributed by atoms with van der Waals surface area (Å²) >= 11 is 0. The first-order chi connectivity index (χ1) is 8.63. The van der Waals surface area contributed by atoms with E-state index in [-0.39, 0.29) is 17.0 Å². The van der Waals surface area contributed by atoms with Crippen LogP contribution in [0.2, 0.25) is 0 Å². The van der Waals surface area contributed by atoms with Crippen molar-refractivity contribution in [3.63, 3.8) is 0 Å². The number of rotatable bonds is 3. The van der Waals surface area contributed by atoms with Crippen LogP contribution in [-0.4, -0.2) is 17.4 Å². The fraction of sp³-hybridized carbons (Fsp3) is 0.0769. The van der Waals surface area contributed by atoms with Crippen LogP contribution in [0.5, 0.6) is 0 Å². The zero-order valence-corrected chi connectivity index (χ0v) is 9.41. The summed E-state index contributed by atoms with van der Waals surface area (Å²) in [7, 11) is 0. The van der Waals surface area contributed by atoms with E-state index in [1.54, 1.807) is 6.08 Å². The smallest absolute Gasteiger partial charge is 0.253 e. The molecule has 1 heterocycles. The van der Waals surface area contributed by atoms with E-state index in [0.29, 0.717) is 11.9 Å². The summed E-state index contributed by atoms with van der Waals surface area (Å²) in [5, 5.41) is 2.95. The number of pyridine rings is 1. The molecule has 0 saturated heterocycles. The lowest BCUT2D eigenvalue weighted by molar-refractivity contribution is 0.0958. The molecule has 0 aliphatic carbocycles. The quantitative estimate of drug-likeness (QED) is 0.847. The van der Waals surface area contributed by atoms with E-state index in [4.69, 9.17) is 0 Å². The van der Waals surface area contributed by atoms with Gasteiger partial charge in [0.05, 0.1) is 5.56 Å². The molecular formula is C13H10F2N2O. The standard InChI is InChI=1S/C13H10F2N2O/c1-2-5-16-13(18)9-6-8-3-4-10(14)11(15)12(8)17-7-9/h2-4,6-7H,1,5H2,(H,16,18). The van der Waals surface area contributed by atoms with Gasteiger partial charge in [0.2, 0.25) is 0 Å². The van der Waals surface area contributed by atoms with Crippen molar-refractivity contribution in [1.29, 1.82) is 0 Å². The van der Waals surface area contributed by atoms with Crippen molar-refractivity contribution in [1.82, 2.24) is 10.3 Å². The molecule has 1 N–H and O–H groups in total. The molecule has 0 aliphatic heterocycles. The average Bonchev–Trinajstić information content (AvgIpc) is 2.40. The van der Waals surface area contributed by atoms with Gasteiger partial charge < -0.3 is 5.32 Å². The van der Waals surface area contributed by atoms with Gasteiger partial charge in [-0.15, -0.1) is 6.58 Å². The number of fused-ring (bicyclic) bond motifs is 1. The van der Waals surface area contributed by atoms with Crippen molar-refractivity contribution in [2.24, 2.45) is 0 Å². The van der Waals surface area contributed by atoms with E-state index in [0.717, 1.165) is 6.07 Å². The number of nitrogens with zero attached hydrogens (tertiary/aromatic N) is 1. The lowest BCUT2D eigenvalue weighted by Gasteiger charge is -2.04. The minimum absolute atomic E-state index is 0.0877. The second-order valence-electron chi connectivity index (χ2n) is 3.66. The number of amides is 1. The van der Waals surface area contributed by atoms with Gasteiger partial charge in [-0.3, -0.25) is 9.78 Å². The van der Waals surface area contributed by atoms with Crippen LogP contribution >= 0.6 is 0 Å². The molecule has 0 fully saturated rings. The monoisotopic (exact) mass is 248 g/mol. The van der Waals surface area contributed by atoms with E-state index >= 15 is 0 Å². The van der Waals surface area contributed by atoms with E-state index in [1.165, 1.54) is 18.3 Å². The largest absolute Gasteiger partial charge is 0.349 e. The first kappa shape index (κ1) is 12.2. The molecule has 0 aliphatic rings. The predicted molar refractivity (Wildman–Crippen MR) is 64.2 cm³/mol. The summed E-state index contributed by atoms with van der Waals surface area (Å²) in [4.78, 5) is 15.4. The van der Waals surface area contributed by atoms with Crippen LogP contribution in [0.3, 0.4) is 0 Å². The van der Waals surface area contributed by atoms with Crippen LogP contribution in [0.15, 0.2) is 37.1 Å². The number of halogens is 2. The highest BCUT2D eigenvalue weighted by Gasteiger charge is 2.11. The van der Waals surface area contributed by atoms with Crippen molar-refractivity contribution in [2.75, 3.05) is 6.54 Å². The van der Waals surface area contributed by atoms with Crippen LogP contribution in [0.4, 0.5) is 8.78 Å². The van der Waals surface area contributed by atoms with Crippen LogP contribution in [-0.2, 0) is 0 Å². The Morgan fingerprint density at radius 1 is 1.44 bits per heavy atom. The zero-order valence-electron chi connectivity index (χ0n) is 9.41. The molecule has 1 amide bonds. The number of carbonyl (C=O) groups excluding carboxylic acids is 1. The summed E-state index contributed by atoms with van der Waals surface area (Å²) in [5.74, 6) is -2.31. The second kappa shape index (κ2) is 4.91. The molecule has 0 bridgehead atoms. The van der Waals surface area contributed by atoms with E-state index in [9.17, 15) is 13.6 Å². The molecule has 18 heavy (non-hydrogen) atoms. The van der Waals surface area contributed by atoms with Gasteiger partial charge in [0.1, 0.15) is 5.52 Å². The lowest BCUT2D eigenvalue weighted by Crippen LogP contribution is -2.23. The maximum Gasteiger partial charge on any atom is 0.253 e. The lowest BCUT2D eigenvalue weighted by atomic mass is 10.1. The molecule has 0 unspecified atom stereocenters. The normalized spacial score (nSPS) is 10.3. The topological polar surface area (TPSA) is 42.0 Å². The Hall–Kier alpha value is -2.30. The molecule has 1 aromatic heterocycles. The summed E-state index contributed by atoms with van der Waals surface area (Å²) in [6.45, 7) is 3.80. The third-order valence-corrected chi connectivity index (χ3v) is 2.41. The van der Waals surface area contributed by atoms with Gasteiger partial charge in [0.25, 0.3) is 5.91 Å². The van der Waals surface area contributed by atoms with Gasteiger partial charge in [-0.05, 0) is 18.2 Å². The van der Waals surface area contributed by atoms with Crippen molar-refractivity contribution in [2.45, 2.75) is 0 Å². The van der Waals surface area contributed by atoms with Gasteiger partial charge >= 0.3 is 0 Å². The summed E-state index contributed by atoms with van der Waals surface area (Å²) in [5.41, 5.74) is 0.200. The Bertz CT molecular complexity index is 626. The fourth-order valence-electron chi connectivity index (χ4n) is 1.53. The van der Waals surface area contributed by atoms with Crippen molar-refractivity contribution >= 4 is 16.8 Å². The highest BCUT2D eigenvalue weighted by Crippen LogP contribution is 2.19. The first-order valence-corrected chi connectivity index (χ1v) is 5.26. The van der Waals surface area contributed by atoms with Crippen LogP contribution in [0.1, 0.15) is 10.4 Å². The summed E-state index contributed by atoms with van der Waals surface area (Å²) in [6.07, 6.45) is 2.75. The molecule has 0 saturated carbocycles. The van der Waals surface area contributed by atoms with Gasteiger partial charge in [0.15, 0.2) is 11.6 Å². The highest BCUT2D eigenvalue weighted by molar-refractivity contribution is 5.97. The molecule has 0 atom stereocenters. The predicted octanol–water partition coefficient (Wildman–Crippen LogP) is 2.43. The SMILES string of the molecule is C=CCNC(=O)c1cnc2c(F)c(F)ccc2c1. The number of carbonyl (C=O) groups is 1. The van der Waals surface area contributed by atoms with Gasteiger partial charge in [0, 0.05) is 18.1 Å². The third kappa shape index (κ3) is 2.20. The Balaban J connectivity index is 2.42. The van der Waals surface area contributed by atoms with Crippen molar-refractivity contribution in [3.8, 4) is 0 Å². The van der Waals surface area contributed by atoms with E-state index < -0.39 is 11.6 Å². The van der Waals surface area contributed by atoms with E-state index in [2.05, 4.69) is 16.9 Å². The van der Waals surface area contributed by atoms with Crippen LogP contribution in [0.25, 0.3) is 10.9 Å². The highest BCUT2D eigenvalue weighted by atomic mass is 19.2. The van der Waals surface area contributed by atoms with Crippen LogP contribution < -0.4 is 5.32 Å². The fourth-order valence-corrected chi connectivity index (χ4v) is 1.53. The van der Waals surface area contributed by atoms with Crippen molar-refractivity contribution in [3.05, 3.63) is 54.2 Å². The summed E-state index contributed by atoms with van der Waals surface area (Å²) in [6, 6.07) is 3.85. The molecular weight excluding hydrogens is 238 g/mol. The zero-order chi connectivity index (χ0) is 13.1. The molecule has 92 valence electrons. The minimum atomic E-state index is -1.01. The first-order valence-electron chi connectivity index (χ1n) is 5.26. The maximum atomic E-state index is 13.4. The van der Waals surface area contributed by atoms with Crippen molar-refractivity contribution < 1.29 is 13.6 Å². The Labute approximate surface area is 102 Å². The van der Waals surface area contributed by atoms with Gasteiger partial charge in [-0.2, -0.15) is 0 Å².